The van der Waals surface area contributed by atoms with Gasteiger partial charge < -0.3 is 0 Å². The molecule has 1 nitrogen and oxygen atoms in total. The Morgan fingerprint density at radius 3 is 2.13 bits per heavy atom. The van der Waals surface area contributed by atoms with Crippen LogP contribution in [0.5, 0.6) is 0 Å². The van der Waals surface area contributed by atoms with E-state index in [9.17, 15) is 0 Å². The van der Waals surface area contributed by atoms with E-state index in [0.717, 1.165) is 12.3 Å². The first-order valence-electron chi connectivity index (χ1n) is 5.76. The minimum atomic E-state index is 0.638. The first-order chi connectivity index (χ1) is 7.20. The Kier molecular flexibility index (Phi) is 7.61. The predicted molar refractivity (Wildman–Crippen MR) is 69.7 cm³/mol. The summed E-state index contributed by atoms with van der Waals surface area (Å²) in [4.78, 5) is 4.51. The van der Waals surface area contributed by atoms with Gasteiger partial charge in [-0.2, -0.15) is 0 Å². The smallest absolute Gasteiger partial charge is 0.0415 e. The summed E-state index contributed by atoms with van der Waals surface area (Å²) in [6, 6.07) is 10.3. The number of rotatable bonds is 3. The first-order valence-corrected chi connectivity index (χ1v) is 5.76. The number of hydrogen-bond donors (Lipinski definition) is 0. The first kappa shape index (κ1) is 13.9. The van der Waals surface area contributed by atoms with Crippen LogP contribution < -0.4 is 0 Å². The number of aliphatic imine (C=N–C) groups is 1. The Morgan fingerprint density at radius 1 is 1.13 bits per heavy atom. The molecule has 0 unspecified atom stereocenters. The van der Waals surface area contributed by atoms with E-state index in [1.165, 1.54) is 5.56 Å². The Bertz CT molecular complexity index is 273. The van der Waals surface area contributed by atoms with E-state index in [1.807, 2.05) is 32.0 Å². The van der Waals surface area contributed by atoms with Crippen molar-refractivity contribution in [3.8, 4) is 0 Å². The molecule has 1 rings (SSSR count). The van der Waals surface area contributed by atoms with Crippen molar-refractivity contribution in [1.82, 2.24) is 0 Å². The molecule has 0 spiro atoms. The van der Waals surface area contributed by atoms with Crippen LogP contribution in [0.4, 0.5) is 0 Å². The van der Waals surface area contributed by atoms with Crippen LogP contribution in [0.1, 0.15) is 40.2 Å². The van der Waals surface area contributed by atoms with Crippen molar-refractivity contribution in [2.75, 3.05) is 6.54 Å². The van der Waals surface area contributed by atoms with Gasteiger partial charge in [0.15, 0.2) is 0 Å². The maximum atomic E-state index is 4.51. The highest BCUT2D eigenvalue weighted by molar-refractivity contribution is 5.98. The van der Waals surface area contributed by atoms with Crippen molar-refractivity contribution < 1.29 is 0 Å². The zero-order valence-electron chi connectivity index (χ0n) is 10.6. The van der Waals surface area contributed by atoms with Crippen LogP contribution in [0.3, 0.4) is 0 Å². The topological polar surface area (TPSA) is 12.4 Å². The fourth-order valence-electron chi connectivity index (χ4n) is 1.09. The molecule has 0 saturated heterocycles. The summed E-state index contributed by atoms with van der Waals surface area (Å²) in [5, 5.41) is 0. The van der Waals surface area contributed by atoms with Gasteiger partial charge in [0.1, 0.15) is 0 Å². The Balaban J connectivity index is 0.000000921. The van der Waals surface area contributed by atoms with Gasteiger partial charge in [-0.15, -0.1) is 0 Å². The van der Waals surface area contributed by atoms with Gasteiger partial charge in [-0.3, -0.25) is 4.99 Å². The zero-order valence-corrected chi connectivity index (χ0v) is 10.6. The van der Waals surface area contributed by atoms with Crippen molar-refractivity contribution in [3.05, 3.63) is 35.9 Å². The standard InChI is InChI=1S/C12H17N.C2H6/c1-10(2)9-13-11(3)12-7-5-4-6-8-12;1-2/h4-8,10H,9H2,1-3H3;1-2H3. The van der Waals surface area contributed by atoms with Gasteiger partial charge in [0.05, 0.1) is 0 Å². The third-order valence-corrected chi connectivity index (χ3v) is 1.89. The summed E-state index contributed by atoms with van der Waals surface area (Å²) in [7, 11) is 0. The van der Waals surface area contributed by atoms with E-state index in [-0.39, 0.29) is 0 Å². The minimum Gasteiger partial charge on any atom is -0.289 e. The van der Waals surface area contributed by atoms with Gasteiger partial charge >= 0.3 is 0 Å². The monoisotopic (exact) mass is 205 g/mol. The number of nitrogens with zero attached hydrogens (tertiary/aromatic N) is 1. The molecule has 0 N–H and O–H groups in total. The van der Waals surface area contributed by atoms with Gasteiger partial charge in [0, 0.05) is 12.3 Å². The predicted octanol–water partition coefficient (Wildman–Crippen LogP) is 4.18. The summed E-state index contributed by atoms with van der Waals surface area (Å²) in [6.45, 7) is 11.3. The van der Waals surface area contributed by atoms with Crippen molar-refractivity contribution >= 4 is 5.71 Å². The molecule has 84 valence electrons. The minimum absolute atomic E-state index is 0.638. The summed E-state index contributed by atoms with van der Waals surface area (Å²) in [5.74, 6) is 0.638. The van der Waals surface area contributed by atoms with Crippen LogP contribution in [0.2, 0.25) is 0 Å². The third kappa shape index (κ3) is 6.05. The molecule has 0 aliphatic carbocycles. The van der Waals surface area contributed by atoms with Gasteiger partial charge in [-0.25, -0.2) is 0 Å². The lowest BCUT2D eigenvalue weighted by Crippen LogP contribution is -1.99. The molecule has 0 saturated carbocycles. The summed E-state index contributed by atoms with van der Waals surface area (Å²) < 4.78 is 0. The maximum Gasteiger partial charge on any atom is 0.0415 e. The van der Waals surface area contributed by atoms with Gasteiger partial charge in [0.2, 0.25) is 0 Å². The molecule has 1 heteroatoms. The van der Waals surface area contributed by atoms with Crippen LogP contribution in [0.25, 0.3) is 0 Å². The Hall–Kier alpha value is -1.11. The molecule has 15 heavy (non-hydrogen) atoms. The van der Waals surface area contributed by atoms with Crippen LogP contribution >= 0.6 is 0 Å². The van der Waals surface area contributed by atoms with Crippen LogP contribution in [0, 0.1) is 5.92 Å². The molecule has 1 aromatic carbocycles. The second kappa shape index (κ2) is 8.22. The fraction of sp³-hybridized carbons (Fsp3) is 0.500. The summed E-state index contributed by atoms with van der Waals surface area (Å²) in [6.07, 6.45) is 0. The van der Waals surface area contributed by atoms with Crippen molar-refractivity contribution in [1.29, 1.82) is 0 Å². The highest BCUT2D eigenvalue weighted by atomic mass is 14.7. The number of hydrogen-bond acceptors (Lipinski definition) is 1. The lowest BCUT2D eigenvalue weighted by molar-refractivity contribution is 0.665. The fourth-order valence-corrected chi connectivity index (χ4v) is 1.09. The summed E-state index contributed by atoms with van der Waals surface area (Å²) >= 11 is 0. The van der Waals surface area contributed by atoms with Gasteiger partial charge in [-0.05, 0) is 18.4 Å². The Morgan fingerprint density at radius 2 is 1.67 bits per heavy atom. The van der Waals surface area contributed by atoms with E-state index < -0.39 is 0 Å². The van der Waals surface area contributed by atoms with Crippen LogP contribution in [-0.4, -0.2) is 12.3 Å². The molecule has 0 aliphatic heterocycles. The molecular formula is C14H23N. The van der Waals surface area contributed by atoms with E-state index in [2.05, 4.69) is 37.9 Å². The van der Waals surface area contributed by atoms with Crippen molar-refractivity contribution in [2.45, 2.75) is 34.6 Å². The number of benzene rings is 1. The highest BCUT2D eigenvalue weighted by Gasteiger charge is 1.95. The SMILES string of the molecule is CC.CC(=NCC(C)C)c1ccccc1. The van der Waals surface area contributed by atoms with Crippen LogP contribution in [0.15, 0.2) is 35.3 Å². The largest absolute Gasteiger partial charge is 0.289 e. The maximum absolute atomic E-state index is 4.51. The van der Waals surface area contributed by atoms with E-state index in [0.29, 0.717) is 5.92 Å². The average Bonchev–Trinajstić information content (AvgIpc) is 2.30. The molecular weight excluding hydrogens is 182 g/mol. The summed E-state index contributed by atoms with van der Waals surface area (Å²) in [5.41, 5.74) is 2.36. The molecule has 1 aromatic rings. The highest BCUT2D eigenvalue weighted by Crippen LogP contribution is 2.02. The molecule has 0 amide bonds. The molecule has 0 fully saturated rings. The molecule has 0 aliphatic rings. The zero-order chi connectivity index (χ0) is 11.7. The third-order valence-electron chi connectivity index (χ3n) is 1.89. The second-order valence-corrected chi connectivity index (χ2v) is 3.69. The van der Waals surface area contributed by atoms with E-state index in [4.69, 9.17) is 0 Å². The van der Waals surface area contributed by atoms with Crippen molar-refractivity contribution in [3.63, 3.8) is 0 Å². The van der Waals surface area contributed by atoms with E-state index >= 15 is 0 Å². The normalized spacial score (nSPS) is 10.9. The van der Waals surface area contributed by atoms with Crippen LogP contribution in [-0.2, 0) is 0 Å². The lowest BCUT2D eigenvalue weighted by atomic mass is 10.1. The quantitative estimate of drug-likeness (QED) is 0.656. The van der Waals surface area contributed by atoms with Gasteiger partial charge in [0.25, 0.3) is 0 Å². The van der Waals surface area contributed by atoms with E-state index in [1.54, 1.807) is 0 Å². The second-order valence-electron chi connectivity index (χ2n) is 3.69. The molecule has 0 heterocycles. The van der Waals surface area contributed by atoms with Crippen molar-refractivity contribution in [2.24, 2.45) is 10.9 Å². The molecule has 0 bridgehead atoms. The molecule has 0 atom stereocenters. The average molecular weight is 205 g/mol. The molecule has 0 radical (unpaired) electrons. The Labute approximate surface area is 94.3 Å². The van der Waals surface area contributed by atoms with Gasteiger partial charge in [-0.1, -0.05) is 58.0 Å². The molecule has 0 aromatic heterocycles. The lowest BCUT2D eigenvalue weighted by Gasteiger charge is -2.02.